The van der Waals surface area contributed by atoms with E-state index in [1.54, 1.807) is 0 Å². The van der Waals surface area contributed by atoms with Crippen molar-refractivity contribution in [3.05, 3.63) is 35.2 Å². The Kier molecular flexibility index (Phi) is 4.59. The predicted octanol–water partition coefficient (Wildman–Crippen LogP) is 3.79. The van der Waals surface area contributed by atoms with Crippen LogP contribution in [0.3, 0.4) is 0 Å². The normalized spacial score (nSPS) is 20.8. The molecule has 5 rings (SSSR count). The van der Waals surface area contributed by atoms with Crippen molar-refractivity contribution in [1.29, 1.82) is 0 Å². The molecule has 0 aliphatic carbocycles. The molecule has 3 aromatic rings. The molecule has 2 aliphatic heterocycles. The second-order valence-corrected chi connectivity index (χ2v) is 7.93. The van der Waals surface area contributed by atoms with Gasteiger partial charge in [-0.3, -0.25) is 9.47 Å². The highest BCUT2D eigenvalue weighted by molar-refractivity contribution is 7.71. The van der Waals surface area contributed by atoms with Gasteiger partial charge < -0.3 is 9.72 Å². The van der Waals surface area contributed by atoms with Crippen molar-refractivity contribution in [2.24, 2.45) is 0 Å². The summed E-state index contributed by atoms with van der Waals surface area (Å²) in [6, 6.07) is 8.35. The van der Waals surface area contributed by atoms with Gasteiger partial charge in [-0.1, -0.05) is 18.2 Å². The van der Waals surface area contributed by atoms with E-state index < -0.39 is 0 Å². The molecule has 2 aliphatic rings. The summed E-state index contributed by atoms with van der Waals surface area (Å²) in [5.41, 5.74) is 2.23. The minimum absolute atomic E-state index is 0.227. The fraction of sp³-hybridized carbons (Fsp3) is 0.500. The highest BCUT2D eigenvalue weighted by atomic mass is 32.1. The molecule has 1 atom stereocenters. The van der Waals surface area contributed by atoms with E-state index in [0.717, 1.165) is 67.4 Å². The average molecular weight is 384 g/mol. The number of rotatable bonds is 5. The first kappa shape index (κ1) is 17.2. The van der Waals surface area contributed by atoms with Crippen LogP contribution >= 0.6 is 12.2 Å². The zero-order valence-corrected chi connectivity index (χ0v) is 16.2. The van der Waals surface area contributed by atoms with E-state index >= 15 is 0 Å². The third-order valence-corrected chi connectivity index (χ3v) is 6.13. The molecular weight excluding hydrogens is 358 g/mol. The first-order chi connectivity index (χ1) is 13.3. The van der Waals surface area contributed by atoms with Gasteiger partial charge in [0.25, 0.3) is 0 Å². The molecule has 1 N–H and O–H groups in total. The largest absolute Gasteiger partial charge is 0.376 e. The van der Waals surface area contributed by atoms with Crippen molar-refractivity contribution in [3.8, 4) is 11.4 Å². The van der Waals surface area contributed by atoms with Gasteiger partial charge in [-0.05, 0) is 57.1 Å². The molecule has 0 saturated carbocycles. The van der Waals surface area contributed by atoms with Gasteiger partial charge in [0.2, 0.25) is 0 Å². The van der Waals surface area contributed by atoms with Gasteiger partial charge in [0, 0.05) is 29.3 Å². The van der Waals surface area contributed by atoms with Crippen molar-refractivity contribution in [2.75, 3.05) is 19.7 Å². The van der Waals surface area contributed by atoms with E-state index in [2.05, 4.69) is 32.7 Å². The molecule has 2 saturated heterocycles. The maximum absolute atomic E-state index is 5.89. The van der Waals surface area contributed by atoms with Crippen LogP contribution in [0.5, 0.6) is 0 Å². The fourth-order valence-electron chi connectivity index (χ4n) is 4.26. The van der Waals surface area contributed by atoms with E-state index in [9.17, 15) is 0 Å². The van der Waals surface area contributed by atoms with Crippen LogP contribution < -0.4 is 0 Å². The summed E-state index contributed by atoms with van der Waals surface area (Å²) in [6.45, 7) is 4.65. The molecule has 2 aromatic heterocycles. The zero-order chi connectivity index (χ0) is 18.2. The standard InChI is InChI=1S/C20H25N5OS/c27-20-24(13-15-6-5-11-26-15)19(22-25(20)14-23-9-3-4-10-23)17-12-21-18-8-2-1-7-16(17)18/h1-2,7-8,12,15,21H,3-6,9-11,13-14H2/t15-/m1/s1. The Morgan fingerprint density at radius 2 is 2.04 bits per heavy atom. The number of H-pyrrole nitrogens is 1. The van der Waals surface area contributed by atoms with Gasteiger partial charge >= 0.3 is 0 Å². The smallest absolute Gasteiger partial charge is 0.199 e. The van der Waals surface area contributed by atoms with Gasteiger partial charge in [-0.25, -0.2) is 4.68 Å². The number of nitrogens with zero attached hydrogens (tertiary/aromatic N) is 4. The van der Waals surface area contributed by atoms with E-state index in [-0.39, 0.29) is 6.10 Å². The predicted molar refractivity (Wildman–Crippen MR) is 108 cm³/mol. The van der Waals surface area contributed by atoms with E-state index in [0.29, 0.717) is 0 Å². The van der Waals surface area contributed by atoms with Crippen LogP contribution in [-0.4, -0.2) is 50.0 Å². The van der Waals surface area contributed by atoms with E-state index in [1.165, 1.54) is 18.2 Å². The summed E-state index contributed by atoms with van der Waals surface area (Å²) in [4.78, 5) is 5.80. The van der Waals surface area contributed by atoms with Crippen LogP contribution in [0, 0.1) is 4.77 Å². The molecule has 1 aromatic carbocycles. The minimum atomic E-state index is 0.227. The van der Waals surface area contributed by atoms with Crippen molar-refractivity contribution in [2.45, 2.75) is 45.0 Å². The van der Waals surface area contributed by atoms with Gasteiger partial charge in [-0.15, -0.1) is 0 Å². The summed E-state index contributed by atoms with van der Waals surface area (Å²) >= 11 is 5.85. The lowest BCUT2D eigenvalue weighted by Crippen LogP contribution is -2.24. The summed E-state index contributed by atoms with van der Waals surface area (Å²) in [5.74, 6) is 0.937. The maximum Gasteiger partial charge on any atom is 0.199 e. The number of aromatic amines is 1. The van der Waals surface area contributed by atoms with Gasteiger partial charge in [0.1, 0.15) is 0 Å². The van der Waals surface area contributed by atoms with Crippen LogP contribution in [0.1, 0.15) is 25.7 Å². The molecule has 0 amide bonds. The Morgan fingerprint density at radius 3 is 2.85 bits per heavy atom. The van der Waals surface area contributed by atoms with Crippen LogP contribution in [0.4, 0.5) is 0 Å². The summed E-state index contributed by atoms with van der Waals surface area (Å²) in [6.07, 6.45) is 7.02. The molecule has 4 heterocycles. The topological polar surface area (TPSA) is 51.0 Å². The van der Waals surface area contributed by atoms with Crippen LogP contribution in [-0.2, 0) is 18.0 Å². The number of benzene rings is 1. The molecule has 2 fully saturated rings. The molecule has 27 heavy (non-hydrogen) atoms. The first-order valence-electron chi connectivity index (χ1n) is 9.88. The average Bonchev–Trinajstić information content (AvgIpc) is 3.47. The lowest BCUT2D eigenvalue weighted by Gasteiger charge is -2.14. The number of hydrogen-bond acceptors (Lipinski definition) is 4. The van der Waals surface area contributed by atoms with Crippen molar-refractivity contribution in [1.82, 2.24) is 24.2 Å². The third kappa shape index (κ3) is 3.24. The molecule has 0 radical (unpaired) electrons. The molecule has 7 heteroatoms. The van der Waals surface area contributed by atoms with Gasteiger partial charge in [0.05, 0.1) is 19.3 Å². The van der Waals surface area contributed by atoms with Gasteiger partial charge in [-0.2, -0.15) is 5.10 Å². The fourth-order valence-corrected chi connectivity index (χ4v) is 4.52. The Hall–Kier alpha value is -1.96. The van der Waals surface area contributed by atoms with Crippen LogP contribution in [0.15, 0.2) is 30.5 Å². The second-order valence-electron chi connectivity index (χ2n) is 7.57. The van der Waals surface area contributed by atoms with Crippen LogP contribution in [0.2, 0.25) is 0 Å². The Morgan fingerprint density at radius 1 is 1.19 bits per heavy atom. The van der Waals surface area contributed by atoms with Crippen molar-refractivity contribution >= 4 is 23.1 Å². The lowest BCUT2D eigenvalue weighted by molar-refractivity contribution is 0.0967. The number of aromatic nitrogens is 4. The Balaban J connectivity index is 1.58. The summed E-state index contributed by atoms with van der Waals surface area (Å²) in [5, 5.41) is 6.15. The van der Waals surface area contributed by atoms with Crippen molar-refractivity contribution < 1.29 is 4.74 Å². The molecule has 142 valence electrons. The zero-order valence-electron chi connectivity index (χ0n) is 15.4. The highest BCUT2D eigenvalue weighted by Crippen LogP contribution is 2.29. The molecule has 6 nitrogen and oxygen atoms in total. The third-order valence-electron chi connectivity index (χ3n) is 5.70. The lowest BCUT2D eigenvalue weighted by atomic mass is 10.1. The Bertz CT molecular complexity index is 991. The monoisotopic (exact) mass is 383 g/mol. The number of ether oxygens (including phenoxy) is 1. The summed E-state index contributed by atoms with van der Waals surface area (Å²) in [7, 11) is 0. The number of hydrogen-bond donors (Lipinski definition) is 1. The van der Waals surface area contributed by atoms with Crippen molar-refractivity contribution in [3.63, 3.8) is 0 Å². The first-order valence-corrected chi connectivity index (χ1v) is 10.3. The number of nitrogens with one attached hydrogen (secondary N) is 1. The Labute approximate surface area is 163 Å². The quantitative estimate of drug-likeness (QED) is 0.681. The molecule has 0 spiro atoms. The maximum atomic E-state index is 5.89. The highest BCUT2D eigenvalue weighted by Gasteiger charge is 2.23. The van der Waals surface area contributed by atoms with Crippen LogP contribution in [0.25, 0.3) is 22.3 Å². The SMILES string of the molecule is S=c1n(CN2CCCC2)nc(-c2c[nH]c3ccccc23)n1C[C@H]1CCCO1. The molecular formula is C20H25N5OS. The number of likely N-dealkylation sites (tertiary alicyclic amines) is 1. The number of fused-ring (bicyclic) bond motifs is 1. The summed E-state index contributed by atoms with van der Waals surface area (Å²) < 4.78 is 10.9. The molecule has 0 bridgehead atoms. The molecule has 0 unspecified atom stereocenters. The number of para-hydroxylation sites is 1. The second kappa shape index (κ2) is 7.22. The minimum Gasteiger partial charge on any atom is -0.376 e. The van der Waals surface area contributed by atoms with E-state index in [4.69, 9.17) is 22.1 Å². The van der Waals surface area contributed by atoms with Gasteiger partial charge in [0.15, 0.2) is 10.6 Å². The van der Waals surface area contributed by atoms with E-state index in [1.807, 2.05) is 16.9 Å².